The van der Waals surface area contributed by atoms with E-state index in [2.05, 4.69) is 23.7 Å². The van der Waals surface area contributed by atoms with Crippen LogP contribution in [0, 0.1) is 13.8 Å². The molecule has 1 amide bonds. The lowest BCUT2D eigenvalue weighted by Gasteiger charge is -2.08. The highest BCUT2D eigenvalue weighted by Gasteiger charge is 1.99. The number of amides is 1. The normalized spacial score (nSPS) is 10.3. The molecule has 0 aromatic heterocycles. The Hall–Kier alpha value is -1.39. The van der Waals surface area contributed by atoms with E-state index in [-0.39, 0.29) is 6.61 Å². The first-order chi connectivity index (χ1) is 7.09. The van der Waals surface area contributed by atoms with Crippen molar-refractivity contribution in [3.05, 3.63) is 34.9 Å². The third-order valence-corrected chi connectivity index (χ3v) is 2.08. The van der Waals surface area contributed by atoms with Gasteiger partial charge in [-0.1, -0.05) is 23.8 Å². The van der Waals surface area contributed by atoms with E-state index >= 15 is 0 Å². The zero-order chi connectivity index (χ0) is 11.3. The Morgan fingerprint density at radius 2 is 2.20 bits per heavy atom. The predicted octanol–water partition coefficient (Wildman–Crippen LogP) is 0.810. The minimum Gasteiger partial charge on any atom is -0.368 e. The fourth-order valence-electron chi connectivity index (χ4n) is 1.24. The lowest BCUT2D eigenvalue weighted by Crippen LogP contribution is -2.24. The summed E-state index contributed by atoms with van der Waals surface area (Å²) in [6.07, 6.45) is 0. The molecule has 0 bridgehead atoms. The van der Waals surface area contributed by atoms with Crippen molar-refractivity contribution < 1.29 is 9.63 Å². The molecule has 0 radical (unpaired) electrons. The molecule has 0 aliphatic heterocycles. The van der Waals surface area contributed by atoms with E-state index < -0.39 is 5.91 Å². The smallest absolute Gasteiger partial charge is 0.245 e. The molecule has 4 heteroatoms. The van der Waals surface area contributed by atoms with E-state index in [1.165, 1.54) is 11.1 Å². The maximum atomic E-state index is 10.4. The molecular formula is C11H16N2O2. The molecule has 4 nitrogen and oxygen atoms in total. The van der Waals surface area contributed by atoms with E-state index in [4.69, 9.17) is 10.6 Å². The van der Waals surface area contributed by atoms with Crippen LogP contribution in [-0.4, -0.2) is 12.5 Å². The van der Waals surface area contributed by atoms with Crippen LogP contribution in [-0.2, 0) is 16.2 Å². The third kappa shape index (κ3) is 4.10. The summed E-state index contributed by atoms with van der Waals surface area (Å²) in [5.41, 5.74) is 11.2. The van der Waals surface area contributed by atoms with Crippen LogP contribution < -0.4 is 11.2 Å². The summed E-state index contributed by atoms with van der Waals surface area (Å²) >= 11 is 0. The number of hydroxylamine groups is 1. The molecule has 0 atom stereocenters. The number of hydrogen-bond donors (Lipinski definition) is 2. The zero-order valence-electron chi connectivity index (χ0n) is 9.04. The Balaban J connectivity index is 2.43. The highest BCUT2D eigenvalue weighted by molar-refractivity contribution is 5.74. The number of carbonyl (C=O) groups excluding carboxylic acids is 1. The molecule has 1 aromatic carbocycles. The van der Waals surface area contributed by atoms with Gasteiger partial charge in [0.2, 0.25) is 5.91 Å². The molecule has 0 fully saturated rings. The maximum absolute atomic E-state index is 10.4. The van der Waals surface area contributed by atoms with Crippen molar-refractivity contribution in [3.63, 3.8) is 0 Å². The van der Waals surface area contributed by atoms with Crippen molar-refractivity contribution in [2.45, 2.75) is 20.4 Å². The van der Waals surface area contributed by atoms with Crippen LogP contribution >= 0.6 is 0 Å². The van der Waals surface area contributed by atoms with E-state index in [9.17, 15) is 4.79 Å². The molecule has 0 saturated heterocycles. The molecule has 0 spiro atoms. The third-order valence-electron chi connectivity index (χ3n) is 2.08. The topological polar surface area (TPSA) is 64.3 Å². The van der Waals surface area contributed by atoms with Crippen molar-refractivity contribution in [1.82, 2.24) is 5.48 Å². The number of hydrogen-bond acceptors (Lipinski definition) is 3. The Labute approximate surface area is 89.4 Å². The number of aryl methyl sites for hydroxylation is 2. The van der Waals surface area contributed by atoms with Gasteiger partial charge in [-0.2, -0.15) is 5.48 Å². The SMILES string of the molecule is Cc1ccc(C)c(CNOCC(N)=O)c1. The molecule has 1 aromatic rings. The monoisotopic (exact) mass is 208 g/mol. The average molecular weight is 208 g/mol. The maximum Gasteiger partial charge on any atom is 0.245 e. The lowest BCUT2D eigenvalue weighted by molar-refractivity contribution is -0.125. The van der Waals surface area contributed by atoms with E-state index in [0.717, 1.165) is 5.56 Å². The van der Waals surface area contributed by atoms with E-state index in [0.29, 0.717) is 6.54 Å². The molecule has 0 unspecified atom stereocenters. The summed E-state index contributed by atoms with van der Waals surface area (Å²) in [6.45, 7) is 4.53. The fourth-order valence-corrected chi connectivity index (χ4v) is 1.24. The van der Waals surface area contributed by atoms with Crippen molar-refractivity contribution >= 4 is 5.91 Å². The van der Waals surface area contributed by atoms with Gasteiger partial charge in [-0.25, -0.2) is 0 Å². The van der Waals surface area contributed by atoms with Crippen LogP contribution in [0.15, 0.2) is 18.2 Å². The van der Waals surface area contributed by atoms with Crippen LogP contribution in [0.2, 0.25) is 0 Å². The van der Waals surface area contributed by atoms with Gasteiger partial charge in [0.1, 0.15) is 6.61 Å². The van der Waals surface area contributed by atoms with Gasteiger partial charge in [-0.05, 0) is 25.0 Å². The number of primary amides is 1. The molecule has 3 N–H and O–H groups in total. The zero-order valence-corrected chi connectivity index (χ0v) is 9.04. The first-order valence-electron chi connectivity index (χ1n) is 4.78. The van der Waals surface area contributed by atoms with Gasteiger partial charge in [-0.3, -0.25) is 9.63 Å². The lowest BCUT2D eigenvalue weighted by atomic mass is 10.1. The minimum absolute atomic E-state index is 0.106. The van der Waals surface area contributed by atoms with Crippen LogP contribution in [0.4, 0.5) is 0 Å². The molecule has 82 valence electrons. The number of nitrogens with two attached hydrogens (primary N) is 1. The highest BCUT2D eigenvalue weighted by Crippen LogP contribution is 2.09. The van der Waals surface area contributed by atoms with Gasteiger partial charge in [0.25, 0.3) is 0 Å². The Bertz CT molecular complexity index is 350. The summed E-state index contributed by atoms with van der Waals surface area (Å²) < 4.78 is 0. The van der Waals surface area contributed by atoms with Gasteiger partial charge in [0.15, 0.2) is 0 Å². The predicted molar refractivity (Wildman–Crippen MR) is 57.9 cm³/mol. The van der Waals surface area contributed by atoms with Crippen LogP contribution in [0.5, 0.6) is 0 Å². The molecule has 1 rings (SSSR count). The Kier molecular flexibility index (Phi) is 4.27. The standard InChI is InChI=1S/C11H16N2O2/c1-8-3-4-9(2)10(5-8)6-13-15-7-11(12)14/h3-5,13H,6-7H2,1-2H3,(H2,12,14). The summed E-state index contributed by atoms with van der Waals surface area (Å²) in [7, 11) is 0. The second-order valence-corrected chi connectivity index (χ2v) is 3.51. The fraction of sp³-hybridized carbons (Fsp3) is 0.364. The average Bonchev–Trinajstić information content (AvgIpc) is 2.17. The molecule has 0 heterocycles. The van der Waals surface area contributed by atoms with E-state index in [1.54, 1.807) is 0 Å². The largest absolute Gasteiger partial charge is 0.368 e. The number of nitrogens with one attached hydrogen (secondary N) is 1. The molecule has 15 heavy (non-hydrogen) atoms. The van der Waals surface area contributed by atoms with Crippen LogP contribution in [0.1, 0.15) is 16.7 Å². The number of benzene rings is 1. The summed E-state index contributed by atoms with van der Waals surface area (Å²) in [5.74, 6) is -0.483. The second-order valence-electron chi connectivity index (χ2n) is 3.51. The van der Waals surface area contributed by atoms with Crippen LogP contribution in [0.25, 0.3) is 0 Å². The highest BCUT2D eigenvalue weighted by atomic mass is 16.6. The van der Waals surface area contributed by atoms with E-state index in [1.807, 2.05) is 13.8 Å². The van der Waals surface area contributed by atoms with Crippen molar-refractivity contribution in [2.24, 2.45) is 5.73 Å². The summed E-state index contributed by atoms with van der Waals surface area (Å²) in [4.78, 5) is 15.3. The van der Waals surface area contributed by atoms with Gasteiger partial charge >= 0.3 is 0 Å². The molecular weight excluding hydrogens is 192 g/mol. The van der Waals surface area contributed by atoms with Gasteiger partial charge in [0, 0.05) is 6.54 Å². The van der Waals surface area contributed by atoms with Crippen molar-refractivity contribution in [3.8, 4) is 0 Å². The van der Waals surface area contributed by atoms with Gasteiger partial charge in [-0.15, -0.1) is 0 Å². The van der Waals surface area contributed by atoms with Crippen molar-refractivity contribution in [1.29, 1.82) is 0 Å². The quantitative estimate of drug-likeness (QED) is 0.556. The number of carbonyl (C=O) groups is 1. The minimum atomic E-state index is -0.483. The van der Waals surface area contributed by atoms with Crippen molar-refractivity contribution in [2.75, 3.05) is 6.61 Å². The Morgan fingerprint density at radius 1 is 1.47 bits per heavy atom. The van der Waals surface area contributed by atoms with Gasteiger partial charge in [0.05, 0.1) is 0 Å². The second kappa shape index (κ2) is 5.48. The molecule has 0 aliphatic rings. The summed E-state index contributed by atoms with van der Waals surface area (Å²) in [6, 6.07) is 6.19. The number of rotatable bonds is 5. The van der Waals surface area contributed by atoms with Crippen LogP contribution in [0.3, 0.4) is 0 Å². The molecule has 0 saturated carbocycles. The Morgan fingerprint density at radius 3 is 2.87 bits per heavy atom. The summed E-state index contributed by atoms with van der Waals surface area (Å²) in [5, 5.41) is 0. The first kappa shape index (κ1) is 11.7. The molecule has 0 aliphatic carbocycles. The first-order valence-corrected chi connectivity index (χ1v) is 4.78. The van der Waals surface area contributed by atoms with Gasteiger partial charge < -0.3 is 5.73 Å².